The normalized spacial score (nSPS) is 10.0. The number of benzene rings is 1. The van der Waals surface area contributed by atoms with Crippen LogP contribution in [0.2, 0.25) is 0 Å². The van der Waals surface area contributed by atoms with E-state index in [0.29, 0.717) is 5.88 Å². The maximum absolute atomic E-state index is 5.39. The number of thioether (sulfide) groups is 1. The highest BCUT2D eigenvalue weighted by molar-refractivity contribution is 7.99. The lowest BCUT2D eigenvalue weighted by molar-refractivity contribution is 1.13. The molecule has 0 aliphatic heterocycles. The zero-order valence-electron chi connectivity index (χ0n) is 6.71. The fraction of sp³-hybridized carbons (Fsp3) is 0.333. The lowest BCUT2D eigenvalue weighted by atomic mass is 10.2. The van der Waals surface area contributed by atoms with Crippen molar-refractivity contribution in [2.75, 3.05) is 5.88 Å². The fourth-order valence-corrected chi connectivity index (χ4v) is 1.44. The molecule has 0 aliphatic carbocycles. The Hall–Kier alpha value is -0.470. The van der Waals surface area contributed by atoms with Gasteiger partial charge in [-0.05, 0) is 24.1 Å². The summed E-state index contributed by atoms with van der Waals surface area (Å²) in [4.78, 5) is 1.25. The molecule has 0 heterocycles. The van der Waals surface area contributed by atoms with Gasteiger partial charge in [0.05, 0.1) is 0 Å². The standard InChI is InChI=1S/C9H13NS/c1-2-8-3-5-9(6-4-8)11-7-10/h3-6H,2,7,10H2,1H3. The van der Waals surface area contributed by atoms with Crippen LogP contribution in [-0.4, -0.2) is 5.88 Å². The van der Waals surface area contributed by atoms with Crippen LogP contribution in [0.3, 0.4) is 0 Å². The van der Waals surface area contributed by atoms with E-state index in [0.717, 1.165) is 6.42 Å². The van der Waals surface area contributed by atoms with Crippen LogP contribution >= 0.6 is 11.8 Å². The van der Waals surface area contributed by atoms with Crippen molar-refractivity contribution in [1.82, 2.24) is 0 Å². The number of nitrogens with two attached hydrogens (primary N) is 1. The zero-order valence-corrected chi connectivity index (χ0v) is 7.53. The lowest BCUT2D eigenvalue weighted by Crippen LogP contribution is -1.91. The highest BCUT2D eigenvalue weighted by Crippen LogP contribution is 2.16. The van der Waals surface area contributed by atoms with Gasteiger partial charge >= 0.3 is 0 Å². The molecule has 0 atom stereocenters. The predicted molar refractivity (Wildman–Crippen MR) is 50.7 cm³/mol. The fourth-order valence-electron chi connectivity index (χ4n) is 0.918. The number of aryl methyl sites for hydroxylation is 1. The Morgan fingerprint density at radius 2 is 1.91 bits per heavy atom. The molecule has 11 heavy (non-hydrogen) atoms. The summed E-state index contributed by atoms with van der Waals surface area (Å²) in [5.74, 6) is 0.658. The van der Waals surface area contributed by atoms with E-state index in [-0.39, 0.29) is 0 Å². The molecule has 1 aromatic carbocycles. The monoisotopic (exact) mass is 167 g/mol. The van der Waals surface area contributed by atoms with Gasteiger partial charge in [-0.2, -0.15) is 0 Å². The van der Waals surface area contributed by atoms with Crippen LogP contribution in [0.15, 0.2) is 29.2 Å². The number of hydrogen-bond acceptors (Lipinski definition) is 2. The molecule has 1 nitrogen and oxygen atoms in total. The molecule has 0 aromatic heterocycles. The van der Waals surface area contributed by atoms with Crippen LogP contribution in [0.25, 0.3) is 0 Å². The summed E-state index contributed by atoms with van der Waals surface area (Å²) in [5.41, 5.74) is 6.77. The lowest BCUT2D eigenvalue weighted by Gasteiger charge is -1.99. The second kappa shape index (κ2) is 4.42. The van der Waals surface area contributed by atoms with Crippen molar-refractivity contribution < 1.29 is 0 Å². The summed E-state index contributed by atoms with van der Waals surface area (Å²) in [5, 5.41) is 0. The molecular formula is C9H13NS. The largest absolute Gasteiger partial charge is 0.322 e. The smallest absolute Gasteiger partial charge is 0.0440 e. The summed E-state index contributed by atoms with van der Waals surface area (Å²) >= 11 is 1.67. The first-order valence-electron chi connectivity index (χ1n) is 3.78. The molecule has 0 aliphatic rings. The minimum absolute atomic E-state index is 0.658. The zero-order chi connectivity index (χ0) is 8.10. The molecule has 0 amide bonds. The van der Waals surface area contributed by atoms with Gasteiger partial charge in [-0.15, -0.1) is 11.8 Å². The van der Waals surface area contributed by atoms with Crippen LogP contribution in [0, 0.1) is 0 Å². The Kier molecular flexibility index (Phi) is 3.46. The van der Waals surface area contributed by atoms with Gasteiger partial charge in [0.25, 0.3) is 0 Å². The number of rotatable bonds is 3. The molecule has 0 saturated carbocycles. The van der Waals surface area contributed by atoms with Crippen molar-refractivity contribution in [1.29, 1.82) is 0 Å². The Bertz CT molecular complexity index is 205. The van der Waals surface area contributed by atoms with Crippen molar-refractivity contribution in [3.05, 3.63) is 29.8 Å². The average Bonchev–Trinajstić information content (AvgIpc) is 2.07. The number of hydrogen-bond donors (Lipinski definition) is 1. The van der Waals surface area contributed by atoms with Crippen molar-refractivity contribution in [3.8, 4) is 0 Å². The summed E-state index contributed by atoms with van der Waals surface area (Å²) < 4.78 is 0. The molecule has 0 fully saturated rings. The molecule has 60 valence electrons. The van der Waals surface area contributed by atoms with Crippen LogP contribution in [-0.2, 0) is 6.42 Å². The summed E-state index contributed by atoms with van der Waals surface area (Å²) in [6.07, 6.45) is 1.10. The molecular weight excluding hydrogens is 154 g/mol. The maximum Gasteiger partial charge on any atom is 0.0440 e. The third kappa shape index (κ3) is 2.56. The Morgan fingerprint density at radius 1 is 1.27 bits per heavy atom. The van der Waals surface area contributed by atoms with Gasteiger partial charge in [-0.1, -0.05) is 19.1 Å². The van der Waals surface area contributed by atoms with Gasteiger partial charge < -0.3 is 5.73 Å². The third-order valence-electron chi connectivity index (χ3n) is 1.58. The highest BCUT2D eigenvalue weighted by Gasteiger charge is 1.91. The predicted octanol–water partition coefficient (Wildman–Crippen LogP) is 2.26. The van der Waals surface area contributed by atoms with Gasteiger partial charge in [0.2, 0.25) is 0 Å². The van der Waals surface area contributed by atoms with E-state index in [1.807, 2.05) is 0 Å². The molecule has 0 saturated heterocycles. The Labute approximate surface area is 72.0 Å². The molecule has 0 unspecified atom stereocenters. The van der Waals surface area contributed by atoms with Gasteiger partial charge in [-0.25, -0.2) is 0 Å². The van der Waals surface area contributed by atoms with E-state index in [1.165, 1.54) is 10.5 Å². The quantitative estimate of drug-likeness (QED) is 0.552. The highest BCUT2D eigenvalue weighted by atomic mass is 32.2. The topological polar surface area (TPSA) is 26.0 Å². The summed E-state index contributed by atoms with van der Waals surface area (Å²) in [7, 11) is 0. The molecule has 2 heteroatoms. The van der Waals surface area contributed by atoms with E-state index in [2.05, 4.69) is 31.2 Å². The minimum atomic E-state index is 0.658. The van der Waals surface area contributed by atoms with Gasteiger partial charge in [0.1, 0.15) is 0 Å². The summed E-state index contributed by atoms with van der Waals surface area (Å²) in [6, 6.07) is 8.54. The van der Waals surface area contributed by atoms with Crippen LogP contribution in [0.1, 0.15) is 12.5 Å². The molecule has 0 spiro atoms. The van der Waals surface area contributed by atoms with E-state index >= 15 is 0 Å². The molecule has 1 aromatic rings. The first-order valence-corrected chi connectivity index (χ1v) is 4.77. The van der Waals surface area contributed by atoms with Crippen molar-refractivity contribution in [2.45, 2.75) is 18.2 Å². The first-order chi connectivity index (χ1) is 5.36. The second-order valence-electron chi connectivity index (χ2n) is 2.31. The van der Waals surface area contributed by atoms with Gasteiger partial charge in [-0.3, -0.25) is 0 Å². The van der Waals surface area contributed by atoms with Crippen LogP contribution in [0.4, 0.5) is 0 Å². The Balaban J connectivity index is 2.66. The van der Waals surface area contributed by atoms with Crippen molar-refractivity contribution in [2.24, 2.45) is 5.73 Å². The van der Waals surface area contributed by atoms with Crippen molar-refractivity contribution in [3.63, 3.8) is 0 Å². The summed E-state index contributed by atoms with van der Waals surface area (Å²) in [6.45, 7) is 2.16. The average molecular weight is 167 g/mol. The first kappa shape index (κ1) is 8.62. The molecule has 2 N–H and O–H groups in total. The van der Waals surface area contributed by atoms with E-state index in [1.54, 1.807) is 11.8 Å². The van der Waals surface area contributed by atoms with Gasteiger partial charge in [0.15, 0.2) is 0 Å². The van der Waals surface area contributed by atoms with Gasteiger partial charge in [0, 0.05) is 10.8 Å². The second-order valence-corrected chi connectivity index (χ2v) is 3.40. The van der Waals surface area contributed by atoms with E-state index in [9.17, 15) is 0 Å². The van der Waals surface area contributed by atoms with Crippen LogP contribution < -0.4 is 5.73 Å². The molecule has 0 bridgehead atoms. The maximum atomic E-state index is 5.39. The Morgan fingerprint density at radius 3 is 2.36 bits per heavy atom. The van der Waals surface area contributed by atoms with Crippen molar-refractivity contribution >= 4 is 11.8 Å². The van der Waals surface area contributed by atoms with Crippen LogP contribution in [0.5, 0.6) is 0 Å². The third-order valence-corrected chi connectivity index (χ3v) is 2.35. The minimum Gasteiger partial charge on any atom is -0.322 e. The molecule has 1 rings (SSSR count). The molecule has 0 radical (unpaired) electrons. The van der Waals surface area contributed by atoms with E-state index in [4.69, 9.17) is 5.73 Å². The van der Waals surface area contributed by atoms with E-state index < -0.39 is 0 Å². The SMILES string of the molecule is CCc1ccc(SCN)cc1.